The normalized spacial score (nSPS) is 10.4. The van der Waals surface area contributed by atoms with E-state index in [1.807, 2.05) is 19.1 Å². The topological polar surface area (TPSA) is 63.8 Å². The molecular weight excluding hydrogens is 184 g/mol. The Labute approximate surface area is 79.5 Å². The van der Waals surface area contributed by atoms with Crippen LogP contribution in [0.15, 0.2) is 24.4 Å². The van der Waals surface area contributed by atoms with Crippen molar-refractivity contribution >= 4 is 11.7 Å². The predicted octanol–water partition coefficient (Wildman–Crippen LogP) is 1.70. The van der Waals surface area contributed by atoms with Crippen LogP contribution >= 0.6 is 0 Å². The minimum absolute atomic E-state index is 0.0862. The third-order valence-electron chi connectivity index (χ3n) is 1.79. The first kappa shape index (κ1) is 8.55. The van der Waals surface area contributed by atoms with Crippen LogP contribution in [0.1, 0.15) is 5.56 Å². The lowest BCUT2D eigenvalue weighted by molar-refractivity contribution is 0.142. The summed E-state index contributed by atoms with van der Waals surface area (Å²) in [7, 11) is 0. The van der Waals surface area contributed by atoms with Crippen LogP contribution in [0.5, 0.6) is 5.88 Å². The molecule has 14 heavy (non-hydrogen) atoms. The number of pyridine rings is 1. The molecule has 0 radical (unpaired) electrons. The van der Waals surface area contributed by atoms with Gasteiger partial charge in [-0.25, -0.2) is 9.31 Å². The van der Waals surface area contributed by atoms with Crippen molar-refractivity contribution < 1.29 is 14.6 Å². The molecule has 0 atom stereocenters. The second-order valence-corrected chi connectivity index (χ2v) is 2.92. The van der Waals surface area contributed by atoms with Crippen LogP contribution in [0.4, 0.5) is 4.79 Å². The molecule has 0 fully saturated rings. The number of hydrogen-bond acceptors (Lipinski definition) is 3. The maximum Gasteiger partial charge on any atom is 0.512 e. The van der Waals surface area contributed by atoms with Gasteiger partial charge in [-0.15, -0.1) is 5.10 Å². The summed E-state index contributed by atoms with van der Waals surface area (Å²) in [5, 5.41) is 12.3. The Kier molecular flexibility index (Phi) is 1.85. The van der Waals surface area contributed by atoms with E-state index in [0.29, 0.717) is 0 Å². The second-order valence-electron chi connectivity index (χ2n) is 2.92. The molecule has 5 heteroatoms. The Morgan fingerprint density at radius 1 is 1.57 bits per heavy atom. The van der Waals surface area contributed by atoms with E-state index < -0.39 is 6.16 Å². The fourth-order valence-electron chi connectivity index (χ4n) is 1.22. The molecule has 0 saturated carbocycles. The first-order chi connectivity index (χ1) is 6.65. The van der Waals surface area contributed by atoms with Crippen LogP contribution in [-0.2, 0) is 0 Å². The van der Waals surface area contributed by atoms with Gasteiger partial charge >= 0.3 is 6.16 Å². The Hall–Kier alpha value is -2.04. The number of nitrogens with zero attached hydrogens (tertiary/aromatic N) is 2. The van der Waals surface area contributed by atoms with Crippen LogP contribution in [0.2, 0.25) is 0 Å². The van der Waals surface area contributed by atoms with Crippen LogP contribution < -0.4 is 4.74 Å². The van der Waals surface area contributed by atoms with Crippen LogP contribution in [0, 0.1) is 6.92 Å². The molecule has 0 amide bonds. The Balaban J connectivity index is 2.46. The smallest absolute Gasteiger partial charge is 0.449 e. The number of carboxylic acid groups (broad SMARTS) is 1. The van der Waals surface area contributed by atoms with Crippen molar-refractivity contribution in [2.45, 2.75) is 6.92 Å². The van der Waals surface area contributed by atoms with Crippen molar-refractivity contribution in [3.63, 3.8) is 0 Å². The van der Waals surface area contributed by atoms with Gasteiger partial charge in [-0.2, -0.15) is 0 Å². The summed E-state index contributed by atoms with van der Waals surface area (Å²) in [6.07, 6.45) is 0.393. The molecule has 0 saturated heterocycles. The van der Waals surface area contributed by atoms with E-state index in [1.165, 1.54) is 0 Å². The van der Waals surface area contributed by atoms with Gasteiger partial charge in [0.05, 0.1) is 5.52 Å². The molecule has 0 bridgehead atoms. The van der Waals surface area contributed by atoms with Crippen LogP contribution in [0.3, 0.4) is 0 Å². The second kappa shape index (κ2) is 3.02. The third kappa shape index (κ3) is 1.52. The number of carbonyl (C=O) groups is 1. The number of fused-ring (bicyclic) bond motifs is 1. The lowest BCUT2D eigenvalue weighted by Gasteiger charge is -1.92. The molecule has 0 aliphatic carbocycles. The zero-order chi connectivity index (χ0) is 10.1. The van der Waals surface area contributed by atoms with Crippen LogP contribution in [0.25, 0.3) is 5.52 Å². The molecule has 2 aromatic rings. The first-order valence-electron chi connectivity index (χ1n) is 4.02. The van der Waals surface area contributed by atoms with E-state index >= 15 is 0 Å². The first-order valence-corrected chi connectivity index (χ1v) is 4.02. The summed E-state index contributed by atoms with van der Waals surface area (Å²) in [5.74, 6) is 0.0862. The third-order valence-corrected chi connectivity index (χ3v) is 1.79. The minimum atomic E-state index is -1.36. The predicted molar refractivity (Wildman–Crippen MR) is 48.6 cm³/mol. The molecule has 72 valence electrons. The molecule has 1 N–H and O–H groups in total. The maximum atomic E-state index is 10.2. The monoisotopic (exact) mass is 192 g/mol. The fraction of sp³-hybridized carbons (Fsp3) is 0.111. The maximum absolute atomic E-state index is 10.2. The Bertz CT molecular complexity index is 490. The number of aromatic nitrogens is 2. The van der Waals surface area contributed by atoms with Crippen molar-refractivity contribution in [3.05, 3.63) is 30.0 Å². The lowest BCUT2D eigenvalue weighted by atomic mass is 10.3. The summed E-state index contributed by atoms with van der Waals surface area (Å²) >= 11 is 0. The average Bonchev–Trinajstić information content (AvgIpc) is 2.44. The van der Waals surface area contributed by atoms with Gasteiger partial charge < -0.3 is 9.84 Å². The molecule has 0 aliphatic heterocycles. The van der Waals surface area contributed by atoms with Gasteiger partial charge in [0, 0.05) is 12.3 Å². The van der Waals surface area contributed by atoms with E-state index in [4.69, 9.17) is 5.11 Å². The van der Waals surface area contributed by atoms with Gasteiger partial charge in [0.25, 0.3) is 0 Å². The zero-order valence-electron chi connectivity index (χ0n) is 7.47. The van der Waals surface area contributed by atoms with Crippen molar-refractivity contribution in [3.8, 4) is 5.88 Å². The number of aryl methyl sites for hydroxylation is 1. The largest absolute Gasteiger partial charge is 0.512 e. The molecule has 0 aromatic carbocycles. The quantitative estimate of drug-likeness (QED) is 0.698. The molecule has 2 heterocycles. The Morgan fingerprint density at radius 3 is 3.07 bits per heavy atom. The molecule has 5 nitrogen and oxygen atoms in total. The number of hydrogen-bond donors (Lipinski definition) is 1. The van der Waals surface area contributed by atoms with Crippen molar-refractivity contribution in [2.75, 3.05) is 0 Å². The number of ether oxygens (including phenoxy) is 1. The van der Waals surface area contributed by atoms with Gasteiger partial charge in [0.2, 0.25) is 5.88 Å². The van der Waals surface area contributed by atoms with Gasteiger partial charge in [-0.1, -0.05) is 0 Å². The average molecular weight is 192 g/mol. The van der Waals surface area contributed by atoms with Gasteiger partial charge in [-0.3, -0.25) is 0 Å². The molecule has 0 unspecified atom stereocenters. The molecule has 2 rings (SSSR count). The van der Waals surface area contributed by atoms with Gasteiger partial charge in [-0.05, 0) is 24.6 Å². The molecule has 0 spiro atoms. The Morgan fingerprint density at radius 2 is 2.36 bits per heavy atom. The summed E-state index contributed by atoms with van der Waals surface area (Å²) < 4.78 is 5.98. The molecular formula is C9H8N2O3. The standard InChI is InChI=1S/C9H8N2O3/c1-6-2-3-11-7(4-6)5-8(10-11)14-9(12)13/h2-5H,1H3,(H,12,13). The highest BCUT2D eigenvalue weighted by molar-refractivity contribution is 5.62. The fourth-order valence-corrected chi connectivity index (χ4v) is 1.22. The zero-order valence-corrected chi connectivity index (χ0v) is 7.47. The summed E-state index contributed by atoms with van der Waals surface area (Å²) in [6, 6.07) is 5.34. The molecule has 2 aromatic heterocycles. The lowest BCUT2D eigenvalue weighted by Crippen LogP contribution is -2.03. The van der Waals surface area contributed by atoms with E-state index in [2.05, 4.69) is 9.84 Å². The summed E-state index contributed by atoms with van der Waals surface area (Å²) in [5.41, 5.74) is 1.89. The highest BCUT2D eigenvalue weighted by atomic mass is 16.7. The van der Waals surface area contributed by atoms with Crippen molar-refractivity contribution in [2.24, 2.45) is 0 Å². The highest BCUT2D eigenvalue weighted by Gasteiger charge is 2.05. The minimum Gasteiger partial charge on any atom is -0.449 e. The molecule has 0 aliphatic rings. The highest BCUT2D eigenvalue weighted by Crippen LogP contribution is 2.14. The van der Waals surface area contributed by atoms with Gasteiger partial charge in [0.1, 0.15) is 0 Å². The van der Waals surface area contributed by atoms with Crippen molar-refractivity contribution in [1.29, 1.82) is 0 Å². The summed E-state index contributed by atoms with van der Waals surface area (Å²) in [4.78, 5) is 10.2. The van der Waals surface area contributed by atoms with Crippen molar-refractivity contribution in [1.82, 2.24) is 9.61 Å². The number of rotatable bonds is 1. The summed E-state index contributed by atoms with van der Waals surface area (Å²) in [6.45, 7) is 1.95. The van der Waals surface area contributed by atoms with E-state index in [-0.39, 0.29) is 5.88 Å². The van der Waals surface area contributed by atoms with Crippen LogP contribution in [-0.4, -0.2) is 20.9 Å². The van der Waals surface area contributed by atoms with Gasteiger partial charge in [0.15, 0.2) is 0 Å². The van der Waals surface area contributed by atoms with E-state index in [9.17, 15) is 4.79 Å². The van der Waals surface area contributed by atoms with E-state index in [1.54, 1.807) is 16.8 Å². The van der Waals surface area contributed by atoms with E-state index in [0.717, 1.165) is 11.1 Å². The SMILES string of the molecule is Cc1ccn2nc(OC(=O)O)cc2c1.